The molecule has 3 rings (SSSR count). The SMILES string of the molecule is Cc1ccc(-n2nnnc2SCCc2cccs2)c(C)c1. The molecule has 0 radical (unpaired) electrons. The molecular formula is C15H16N4S2. The standard InChI is InChI=1S/C15H16N4S2/c1-11-5-6-14(12(2)10-11)19-15(16-17-18-19)21-9-7-13-4-3-8-20-13/h3-6,8,10H,7,9H2,1-2H3. The molecule has 4 nitrogen and oxygen atoms in total. The predicted molar refractivity (Wildman–Crippen MR) is 87.4 cm³/mol. The first-order valence-electron chi connectivity index (χ1n) is 6.75. The first-order valence-corrected chi connectivity index (χ1v) is 8.62. The Hall–Kier alpha value is -1.66. The van der Waals surface area contributed by atoms with E-state index in [2.05, 4.69) is 65.1 Å². The minimum atomic E-state index is 0.846. The third kappa shape index (κ3) is 3.33. The second kappa shape index (κ2) is 6.41. The normalized spacial score (nSPS) is 11.0. The molecule has 0 fully saturated rings. The van der Waals surface area contributed by atoms with Crippen LogP contribution >= 0.6 is 23.1 Å². The molecule has 0 aliphatic heterocycles. The van der Waals surface area contributed by atoms with Crippen LogP contribution < -0.4 is 0 Å². The number of tetrazole rings is 1. The molecule has 2 aromatic heterocycles. The number of hydrogen-bond acceptors (Lipinski definition) is 5. The maximum absolute atomic E-state index is 4.14. The Bertz CT molecular complexity index is 719. The molecule has 0 N–H and O–H groups in total. The van der Waals surface area contributed by atoms with Crippen LogP contribution in [0.5, 0.6) is 0 Å². The minimum absolute atomic E-state index is 0.846. The van der Waals surface area contributed by atoms with Crippen molar-refractivity contribution >= 4 is 23.1 Å². The van der Waals surface area contributed by atoms with E-state index in [-0.39, 0.29) is 0 Å². The van der Waals surface area contributed by atoms with Crippen LogP contribution in [-0.2, 0) is 6.42 Å². The maximum atomic E-state index is 4.14. The van der Waals surface area contributed by atoms with Crippen molar-refractivity contribution in [2.24, 2.45) is 0 Å². The average molecular weight is 316 g/mol. The number of nitrogens with zero attached hydrogens (tertiary/aromatic N) is 4. The number of aromatic nitrogens is 4. The Morgan fingerprint density at radius 2 is 2.14 bits per heavy atom. The summed E-state index contributed by atoms with van der Waals surface area (Å²) >= 11 is 3.49. The van der Waals surface area contributed by atoms with Gasteiger partial charge in [0.05, 0.1) is 5.69 Å². The van der Waals surface area contributed by atoms with Crippen LogP contribution in [0.1, 0.15) is 16.0 Å². The molecule has 0 bridgehead atoms. The van der Waals surface area contributed by atoms with Crippen molar-refractivity contribution in [1.29, 1.82) is 0 Å². The zero-order valence-corrected chi connectivity index (χ0v) is 13.6. The molecule has 2 heterocycles. The van der Waals surface area contributed by atoms with Crippen LogP contribution in [0.3, 0.4) is 0 Å². The molecule has 0 aliphatic carbocycles. The summed E-state index contributed by atoms with van der Waals surface area (Å²) in [6.07, 6.45) is 1.04. The Morgan fingerprint density at radius 1 is 1.24 bits per heavy atom. The van der Waals surface area contributed by atoms with Gasteiger partial charge in [-0.2, -0.15) is 4.68 Å². The van der Waals surface area contributed by atoms with E-state index in [1.807, 2.05) is 4.68 Å². The van der Waals surface area contributed by atoms with Gasteiger partial charge in [0.25, 0.3) is 0 Å². The van der Waals surface area contributed by atoms with Gasteiger partial charge in [0, 0.05) is 10.6 Å². The van der Waals surface area contributed by atoms with E-state index in [9.17, 15) is 0 Å². The van der Waals surface area contributed by atoms with Crippen molar-refractivity contribution in [3.63, 3.8) is 0 Å². The van der Waals surface area contributed by atoms with Gasteiger partial charge in [0.1, 0.15) is 0 Å². The van der Waals surface area contributed by atoms with Crippen LogP contribution in [0.25, 0.3) is 5.69 Å². The van der Waals surface area contributed by atoms with E-state index in [0.717, 1.165) is 23.0 Å². The van der Waals surface area contributed by atoms with Crippen molar-refractivity contribution < 1.29 is 0 Å². The molecule has 0 aliphatic rings. The van der Waals surface area contributed by atoms with Gasteiger partial charge >= 0.3 is 0 Å². The lowest BCUT2D eigenvalue weighted by Gasteiger charge is -2.08. The van der Waals surface area contributed by atoms with Gasteiger partial charge < -0.3 is 0 Å². The molecule has 108 valence electrons. The highest BCUT2D eigenvalue weighted by atomic mass is 32.2. The number of thioether (sulfide) groups is 1. The zero-order valence-electron chi connectivity index (χ0n) is 12.0. The highest BCUT2D eigenvalue weighted by Crippen LogP contribution is 2.22. The zero-order chi connectivity index (χ0) is 14.7. The summed E-state index contributed by atoms with van der Waals surface area (Å²) in [5, 5.41) is 15.1. The fourth-order valence-electron chi connectivity index (χ4n) is 2.16. The van der Waals surface area contributed by atoms with Crippen LogP contribution in [0, 0.1) is 13.8 Å². The smallest absolute Gasteiger partial charge is 0.187 e. The van der Waals surface area contributed by atoms with E-state index in [4.69, 9.17) is 0 Å². The Morgan fingerprint density at radius 3 is 2.90 bits per heavy atom. The Balaban J connectivity index is 1.74. The van der Waals surface area contributed by atoms with E-state index in [1.54, 1.807) is 23.1 Å². The molecule has 0 saturated heterocycles. The molecule has 0 amide bonds. The molecule has 0 spiro atoms. The lowest BCUT2D eigenvalue weighted by atomic mass is 10.1. The summed E-state index contributed by atoms with van der Waals surface area (Å²) in [6, 6.07) is 10.6. The second-order valence-corrected chi connectivity index (χ2v) is 6.94. The summed E-state index contributed by atoms with van der Waals surface area (Å²) in [7, 11) is 0. The van der Waals surface area contributed by atoms with Gasteiger partial charge in [0.2, 0.25) is 5.16 Å². The van der Waals surface area contributed by atoms with Crippen molar-refractivity contribution in [3.8, 4) is 5.69 Å². The Labute approximate surface area is 132 Å². The van der Waals surface area contributed by atoms with Crippen LogP contribution in [0.4, 0.5) is 0 Å². The number of aryl methyl sites for hydroxylation is 3. The van der Waals surface area contributed by atoms with Crippen molar-refractivity contribution in [1.82, 2.24) is 20.2 Å². The quantitative estimate of drug-likeness (QED) is 0.674. The molecule has 21 heavy (non-hydrogen) atoms. The van der Waals surface area contributed by atoms with Gasteiger partial charge in [-0.05, 0) is 53.8 Å². The highest BCUT2D eigenvalue weighted by molar-refractivity contribution is 7.99. The van der Waals surface area contributed by atoms with Crippen molar-refractivity contribution in [3.05, 3.63) is 51.7 Å². The molecule has 0 atom stereocenters. The number of rotatable bonds is 5. The summed E-state index contributed by atoms with van der Waals surface area (Å²) in [6.45, 7) is 4.18. The third-order valence-electron chi connectivity index (χ3n) is 3.18. The topological polar surface area (TPSA) is 43.6 Å². The first-order chi connectivity index (χ1) is 10.2. The monoisotopic (exact) mass is 316 g/mol. The van der Waals surface area contributed by atoms with Crippen LogP contribution in [0.2, 0.25) is 0 Å². The lowest BCUT2D eigenvalue weighted by molar-refractivity contribution is 0.751. The van der Waals surface area contributed by atoms with Gasteiger partial charge in [-0.3, -0.25) is 0 Å². The fourth-order valence-corrected chi connectivity index (χ4v) is 3.86. The summed E-state index contributed by atoms with van der Waals surface area (Å²) in [5.41, 5.74) is 3.47. The van der Waals surface area contributed by atoms with Gasteiger partial charge in [-0.1, -0.05) is 35.5 Å². The summed E-state index contributed by atoms with van der Waals surface area (Å²) in [5.74, 6) is 0.978. The van der Waals surface area contributed by atoms with E-state index < -0.39 is 0 Å². The summed E-state index contributed by atoms with van der Waals surface area (Å²) < 4.78 is 1.83. The fraction of sp³-hybridized carbons (Fsp3) is 0.267. The van der Waals surface area contributed by atoms with Gasteiger partial charge in [-0.15, -0.1) is 16.4 Å². The van der Waals surface area contributed by atoms with E-state index in [0.29, 0.717) is 0 Å². The van der Waals surface area contributed by atoms with Crippen LogP contribution in [0.15, 0.2) is 40.9 Å². The summed E-state index contributed by atoms with van der Waals surface area (Å²) in [4.78, 5) is 1.40. The molecule has 3 aromatic rings. The third-order valence-corrected chi connectivity index (χ3v) is 5.04. The molecule has 0 unspecified atom stereocenters. The molecule has 6 heteroatoms. The van der Waals surface area contributed by atoms with Crippen molar-refractivity contribution in [2.45, 2.75) is 25.4 Å². The average Bonchev–Trinajstić information content (AvgIpc) is 3.11. The lowest BCUT2D eigenvalue weighted by Crippen LogP contribution is -2.02. The largest absolute Gasteiger partial charge is 0.214 e. The van der Waals surface area contributed by atoms with Crippen molar-refractivity contribution in [2.75, 3.05) is 5.75 Å². The molecular weight excluding hydrogens is 300 g/mol. The van der Waals surface area contributed by atoms with Crippen LogP contribution in [-0.4, -0.2) is 26.0 Å². The first kappa shape index (κ1) is 14.3. The number of benzene rings is 1. The predicted octanol–water partition coefficient (Wildman–Crippen LogP) is 3.68. The maximum Gasteiger partial charge on any atom is 0.214 e. The minimum Gasteiger partial charge on any atom is -0.187 e. The molecule has 1 aromatic carbocycles. The number of thiophene rings is 1. The second-order valence-electron chi connectivity index (χ2n) is 4.84. The Kier molecular flexibility index (Phi) is 4.36. The van der Waals surface area contributed by atoms with Gasteiger partial charge in [-0.25, -0.2) is 0 Å². The number of hydrogen-bond donors (Lipinski definition) is 0. The van der Waals surface area contributed by atoms with Gasteiger partial charge in [0.15, 0.2) is 0 Å². The highest BCUT2D eigenvalue weighted by Gasteiger charge is 2.11. The molecule has 0 saturated carbocycles. The van der Waals surface area contributed by atoms with E-state index >= 15 is 0 Å². The van der Waals surface area contributed by atoms with E-state index in [1.165, 1.54) is 16.0 Å².